The summed E-state index contributed by atoms with van der Waals surface area (Å²) in [5.41, 5.74) is 0.135. The minimum Gasteiger partial charge on any atom is -0.377 e. The molecule has 0 unspecified atom stereocenters. The molecule has 0 spiro atoms. The second kappa shape index (κ2) is 8.19. The van der Waals surface area contributed by atoms with Crippen LogP contribution in [-0.4, -0.2) is 43.3 Å². The Morgan fingerprint density at radius 3 is 2.36 bits per heavy atom. The number of nitrogens with zero attached hydrogens (tertiary/aromatic N) is 1. The zero-order valence-corrected chi connectivity index (χ0v) is 14.7. The number of carbonyl (C=O) groups is 1. The molecule has 2 aliphatic heterocycles. The molecular formula is C18H34N2O2. The van der Waals surface area contributed by atoms with Crippen LogP contribution in [0.2, 0.25) is 0 Å². The molecule has 0 aromatic heterocycles. The highest BCUT2D eigenvalue weighted by molar-refractivity contribution is 5.74. The molecule has 0 bridgehead atoms. The molecule has 2 saturated heterocycles. The molecule has 22 heavy (non-hydrogen) atoms. The lowest BCUT2D eigenvalue weighted by Crippen LogP contribution is -2.48. The number of likely N-dealkylation sites (tertiary alicyclic amines) is 1. The lowest BCUT2D eigenvalue weighted by atomic mass is 9.78. The van der Waals surface area contributed by atoms with E-state index in [1.807, 2.05) is 4.90 Å². The summed E-state index contributed by atoms with van der Waals surface area (Å²) < 4.78 is 6.00. The van der Waals surface area contributed by atoms with Crippen molar-refractivity contribution in [2.24, 2.45) is 11.3 Å². The van der Waals surface area contributed by atoms with Crippen LogP contribution in [-0.2, 0) is 4.74 Å². The van der Waals surface area contributed by atoms with E-state index in [4.69, 9.17) is 4.74 Å². The van der Waals surface area contributed by atoms with E-state index in [1.165, 1.54) is 19.3 Å². The van der Waals surface area contributed by atoms with E-state index in [2.05, 4.69) is 26.1 Å². The van der Waals surface area contributed by atoms with Crippen molar-refractivity contribution >= 4 is 6.03 Å². The Kier molecular flexibility index (Phi) is 6.54. The van der Waals surface area contributed by atoms with Crippen molar-refractivity contribution in [3.63, 3.8) is 0 Å². The zero-order chi connectivity index (χ0) is 16.0. The first-order valence-electron chi connectivity index (χ1n) is 9.13. The summed E-state index contributed by atoms with van der Waals surface area (Å²) in [7, 11) is 0. The van der Waals surface area contributed by atoms with E-state index in [-0.39, 0.29) is 17.6 Å². The maximum Gasteiger partial charge on any atom is 0.317 e. The van der Waals surface area contributed by atoms with E-state index >= 15 is 0 Å². The quantitative estimate of drug-likeness (QED) is 0.843. The number of amides is 2. The summed E-state index contributed by atoms with van der Waals surface area (Å²) in [5, 5.41) is 3.18. The molecule has 2 atom stereocenters. The highest BCUT2D eigenvalue weighted by Crippen LogP contribution is 2.33. The van der Waals surface area contributed by atoms with E-state index in [0.717, 1.165) is 51.9 Å². The van der Waals surface area contributed by atoms with Gasteiger partial charge in [0.2, 0.25) is 0 Å². The average molecular weight is 310 g/mol. The van der Waals surface area contributed by atoms with Crippen LogP contribution in [0.25, 0.3) is 0 Å². The number of hydrogen-bond donors (Lipinski definition) is 1. The molecular weight excluding hydrogens is 276 g/mol. The minimum absolute atomic E-state index is 0.125. The smallest absolute Gasteiger partial charge is 0.317 e. The molecule has 4 nitrogen and oxygen atoms in total. The number of nitrogens with one attached hydrogen (secondary N) is 1. The standard InChI is InChI=1S/C18H34N2O2/c1-18(2,3)16-15(10-9-13-22-16)14-19-17(21)20-11-7-5-4-6-8-12-20/h15-16H,4-14H2,1-3H3,(H,19,21)/t15-,16-/m1/s1. The van der Waals surface area contributed by atoms with Crippen molar-refractivity contribution < 1.29 is 9.53 Å². The van der Waals surface area contributed by atoms with Crippen molar-refractivity contribution in [2.45, 2.75) is 71.8 Å². The lowest BCUT2D eigenvalue weighted by molar-refractivity contribution is -0.0839. The van der Waals surface area contributed by atoms with Gasteiger partial charge in [0.1, 0.15) is 0 Å². The number of hydrogen-bond acceptors (Lipinski definition) is 2. The molecule has 0 aliphatic carbocycles. The Bertz CT molecular complexity index is 343. The van der Waals surface area contributed by atoms with Gasteiger partial charge in [0.05, 0.1) is 6.10 Å². The van der Waals surface area contributed by atoms with Gasteiger partial charge in [-0.3, -0.25) is 0 Å². The molecule has 0 aromatic rings. The third-order valence-corrected chi connectivity index (χ3v) is 4.96. The molecule has 2 heterocycles. The van der Waals surface area contributed by atoms with Gasteiger partial charge in [0.15, 0.2) is 0 Å². The molecule has 2 amide bonds. The van der Waals surface area contributed by atoms with Gasteiger partial charge in [0.25, 0.3) is 0 Å². The predicted octanol–water partition coefficient (Wildman–Crippen LogP) is 3.80. The van der Waals surface area contributed by atoms with Gasteiger partial charge < -0.3 is 15.0 Å². The molecule has 0 saturated carbocycles. The van der Waals surface area contributed by atoms with Gasteiger partial charge in [-0.05, 0) is 31.1 Å². The fourth-order valence-corrected chi connectivity index (χ4v) is 3.79. The summed E-state index contributed by atoms with van der Waals surface area (Å²) in [4.78, 5) is 14.4. The Balaban J connectivity index is 1.83. The zero-order valence-electron chi connectivity index (χ0n) is 14.7. The fourth-order valence-electron chi connectivity index (χ4n) is 3.79. The maximum atomic E-state index is 12.4. The molecule has 0 radical (unpaired) electrons. The largest absolute Gasteiger partial charge is 0.377 e. The topological polar surface area (TPSA) is 41.6 Å². The second-order valence-corrected chi connectivity index (χ2v) is 8.00. The van der Waals surface area contributed by atoms with E-state index in [0.29, 0.717) is 5.92 Å². The van der Waals surface area contributed by atoms with Crippen LogP contribution in [0.1, 0.15) is 65.7 Å². The van der Waals surface area contributed by atoms with Crippen LogP contribution in [0.5, 0.6) is 0 Å². The fraction of sp³-hybridized carbons (Fsp3) is 0.944. The second-order valence-electron chi connectivity index (χ2n) is 8.00. The third kappa shape index (κ3) is 5.15. The van der Waals surface area contributed by atoms with Gasteiger partial charge in [-0.1, -0.05) is 40.0 Å². The van der Waals surface area contributed by atoms with Crippen molar-refractivity contribution in [1.29, 1.82) is 0 Å². The van der Waals surface area contributed by atoms with Crippen LogP contribution in [0.15, 0.2) is 0 Å². The molecule has 2 rings (SSSR count). The summed E-state index contributed by atoms with van der Waals surface area (Å²) in [6, 6.07) is 0.125. The van der Waals surface area contributed by atoms with E-state index in [9.17, 15) is 4.79 Å². The lowest BCUT2D eigenvalue weighted by Gasteiger charge is -2.40. The van der Waals surface area contributed by atoms with Crippen LogP contribution >= 0.6 is 0 Å². The predicted molar refractivity (Wildman–Crippen MR) is 90.0 cm³/mol. The summed E-state index contributed by atoms with van der Waals surface area (Å²) >= 11 is 0. The minimum atomic E-state index is 0.125. The summed E-state index contributed by atoms with van der Waals surface area (Å²) in [6.45, 7) is 10.1. The number of urea groups is 1. The number of ether oxygens (including phenoxy) is 1. The van der Waals surface area contributed by atoms with E-state index in [1.54, 1.807) is 0 Å². The molecule has 128 valence electrons. The molecule has 1 N–H and O–H groups in total. The summed E-state index contributed by atoms with van der Waals surface area (Å²) in [5.74, 6) is 0.437. The SMILES string of the molecule is CC(C)(C)[C@@H]1OCCC[C@@H]1CNC(=O)N1CCCCCCC1. The Labute approximate surface area is 136 Å². The first-order valence-corrected chi connectivity index (χ1v) is 9.13. The highest BCUT2D eigenvalue weighted by atomic mass is 16.5. The van der Waals surface area contributed by atoms with Crippen LogP contribution in [0.3, 0.4) is 0 Å². The third-order valence-electron chi connectivity index (χ3n) is 4.96. The van der Waals surface area contributed by atoms with Gasteiger partial charge in [0, 0.05) is 32.2 Å². The van der Waals surface area contributed by atoms with Crippen LogP contribution in [0, 0.1) is 11.3 Å². The van der Waals surface area contributed by atoms with Crippen molar-refractivity contribution in [3.05, 3.63) is 0 Å². The molecule has 4 heteroatoms. The van der Waals surface area contributed by atoms with Gasteiger partial charge >= 0.3 is 6.03 Å². The van der Waals surface area contributed by atoms with Gasteiger partial charge in [-0.25, -0.2) is 4.79 Å². The first-order chi connectivity index (χ1) is 10.5. The Hall–Kier alpha value is -0.770. The van der Waals surface area contributed by atoms with Crippen LogP contribution in [0.4, 0.5) is 4.79 Å². The molecule has 0 aromatic carbocycles. The number of rotatable bonds is 2. The Morgan fingerprint density at radius 2 is 1.73 bits per heavy atom. The first kappa shape index (κ1) is 17.6. The average Bonchev–Trinajstić information content (AvgIpc) is 2.44. The van der Waals surface area contributed by atoms with Gasteiger partial charge in [-0.15, -0.1) is 0 Å². The normalized spacial score (nSPS) is 27.9. The maximum absolute atomic E-state index is 12.4. The number of carbonyl (C=O) groups excluding carboxylic acids is 1. The monoisotopic (exact) mass is 310 g/mol. The van der Waals surface area contributed by atoms with Crippen LogP contribution < -0.4 is 5.32 Å². The van der Waals surface area contributed by atoms with Gasteiger partial charge in [-0.2, -0.15) is 0 Å². The Morgan fingerprint density at radius 1 is 1.09 bits per heavy atom. The van der Waals surface area contributed by atoms with E-state index < -0.39 is 0 Å². The molecule has 2 aliphatic rings. The van der Waals surface area contributed by atoms with Crippen molar-refractivity contribution in [2.75, 3.05) is 26.2 Å². The molecule has 2 fully saturated rings. The summed E-state index contributed by atoms with van der Waals surface area (Å²) in [6.07, 6.45) is 8.63. The highest BCUT2D eigenvalue weighted by Gasteiger charge is 2.35. The van der Waals surface area contributed by atoms with Crippen molar-refractivity contribution in [1.82, 2.24) is 10.2 Å². The van der Waals surface area contributed by atoms with Crippen molar-refractivity contribution in [3.8, 4) is 0 Å².